The number of rotatable bonds is 2. The molecule has 2 N–H and O–H groups in total. The van der Waals surface area contributed by atoms with Crippen LogP contribution in [0.4, 0.5) is 13.2 Å². The van der Waals surface area contributed by atoms with Crippen molar-refractivity contribution in [1.82, 2.24) is 0 Å². The monoisotopic (exact) mass is 255 g/mol. The third kappa shape index (κ3) is 3.11. The van der Waals surface area contributed by atoms with Gasteiger partial charge in [-0.3, -0.25) is 0 Å². The van der Waals surface area contributed by atoms with Gasteiger partial charge < -0.3 is 4.74 Å². The number of nitrogens with two attached hydrogens (primary N) is 1. The van der Waals surface area contributed by atoms with Gasteiger partial charge in [-0.2, -0.15) is 0 Å². The molecule has 1 aromatic rings. The van der Waals surface area contributed by atoms with E-state index in [4.69, 9.17) is 5.14 Å². The fraction of sp³-hybridized carbons (Fsp3) is 0.250. The highest BCUT2D eigenvalue weighted by molar-refractivity contribution is 7.89. The Bertz CT molecular complexity index is 496. The summed E-state index contributed by atoms with van der Waals surface area (Å²) in [6, 6.07) is 3.24. The molecule has 0 atom stereocenters. The van der Waals surface area contributed by atoms with Gasteiger partial charge in [0.1, 0.15) is 5.75 Å². The Morgan fingerprint density at radius 2 is 1.88 bits per heavy atom. The number of ether oxygens (including phenoxy) is 1. The van der Waals surface area contributed by atoms with Gasteiger partial charge in [0.2, 0.25) is 10.0 Å². The Balaban J connectivity index is 3.25. The second kappa shape index (κ2) is 3.95. The Kier molecular flexibility index (Phi) is 3.15. The highest BCUT2D eigenvalue weighted by Gasteiger charge is 2.32. The summed E-state index contributed by atoms with van der Waals surface area (Å²) in [6.45, 7) is 1.18. The molecule has 90 valence electrons. The van der Waals surface area contributed by atoms with E-state index in [1.807, 2.05) is 0 Å². The third-order valence-corrected chi connectivity index (χ3v) is 2.82. The quantitative estimate of drug-likeness (QED) is 0.871. The van der Waals surface area contributed by atoms with Gasteiger partial charge in [0.05, 0.1) is 4.90 Å². The molecule has 1 aromatic carbocycles. The molecule has 0 saturated heterocycles. The first-order chi connectivity index (χ1) is 7.11. The van der Waals surface area contributed by atoms with Gasteiger partial charge in [0.25, 0.3) is 0 Å². The first kappa shape index (κ1) is 12.8. The van der Waals surface area contributed by atoms with Crippen LogP contribution in [-0.4, -0.2) is 14.8 Å². The molecule has 0 fully saturated rings. The molecular weight excluding hydrogens is 247 g/mol. The molecule has 16 heavy (non-hydrogen) atoms. The van der Waals surface area contributed by atoms with Gasteiger partial charge >= 0.3 is 6.36 Å². The minimum atomic E-state index is -4.87. The normalized spacial score (nSPS) is 12.6. The molecule has 8 heteroatoms. The summed E-state index contributed by atoms with van der Waals surface area (Å²) in [4.78, 5) is -0.394. The number of halogens is 3. The summed E-state index contributed by atoms with van der Waals surface area (Å²) in [5, 5.41) is 4.83. The van der Waals surface area contributed by atoms with Gasteiger partial charge in [-0.1, -0.05) is 6.07 Å². The highest BCUT2D eigenvalue weighted by atomic mass is 32.2. The third-order valence-electron chi connectivity index (χ3n) is 1.77. The zero-order valence-electron chi connectivity index (χ0n) is 8.08. The lowest BCUT2D eigenvalue weighted by molar-refractivity contribution is -0.274. The van der Waals surface area contributed by atoms with E-state index in [9.17, 15) is 21.6 Å². The average Bonchev–Trinajstić information content (AvgIpc) is 2.04. The van der Waals surface area contributed by atoms with E-state index < -0.39 is 27.0 Å². The number of hydrogen-bond donors (Lipinski definition) is 1. The van der Waals surface area contributed by atoms with Crippen LogP contribution >= 0.6 is 0 Å². The summed E-state index contributed by atoms with van der Waals surface area (Å²) in [6.07, 6.45) is -4.87. The van der Waals surface area contributed by atoms with Crippen LogP contribution in [0.1, 0.15) is 5.56 Å². The van der Waals surface area contributed by atoms with Crippen LogP contribution in [0, 0.1) is 6.92 Å². The molecule has 0 spiro atoms. The van der Waals surface area contributed by atoms with Crippen LogP contribution in [0.3, 0.4) is 0 Å². The highest BCUT2D eigenvalue weighted by Crippen LogP contribution is 2.29. The van der Waals surface area contributed by atoms with Crippen LogP contribution in [0.15, 0.2) is 23.1 Å². The van der Waals surface area contributed by atoms with Gasteiger partial charge in [0, 0.05) is 5.56 Å². The first-order valence-corrected chi connectivity index (χ1v) is 5.54. The second-order valence-electron chi connectivity index (χ2n) is 2.97. The predicted molar refractivity (Wildman–Crippen MR) is 49.2 cm³/mol. The fourth-order valence-electron chi connectivity index (χ4n) is 1.14. The Morgan fingerprint density at radius 3 is 2.31 bits per heavy atom. The number of alkyl halides is 3. The fourth-order valence-corrected chi connectivity index (χ4v) is 1.93. The molecule has 0 radical (unpaired) electrons. The smallest absolute Gasteiger partial charge is 0.405 e. The van der Waals surface area contributed by atoms with Crippen LogP contribution in [0.2, 0.25) is 0 Å². The summed E-state index contributed by atoms with van der Waals surface area (Å²) in [7, 11) is -4.06. The van der Waals surface area contributed by atoms with E-state index in [-0.39, 0.29) is 5.56 Å². The van der Waals surface area contributed by atoms with E-state index in [0.29, 0.717) is 0 Å². The van der Waals surface area contributed by atoms with E-state index in [0.717, 1.165) is 18.2 Å². The van der Waals surface area contributed by atoms with Crippen LogP contribution < -0.4 is 9.88 Å². The number of primary sulfonamides is 1. The van der Waals surface area contributed by atoms with Crippen LogP contribution in [0.25, 0.3) is 0 Å². The van der Waals surface area contributed by atoms with Crippen molar-refractivity contribution < 1.29 is 26.3 Å². The average molecular weight is 255 g/mol. The van der Waals surface area contributed by atoms with E-state index in [2.05, 4.69) is 4.74 Å². The Morgan fingerprint density at radius 1 is 1.31 bits per heavy atom. The molecule has 0 aliphatic rings. The van der Waals surface area contributed by atoms with Crippen molar-refractivity contribution in [3.05, 3.63) is 23.8 Å². The molecule has 0 bridgehead atoms. The standard InChI is InChI=1S/C8H8F3NO3S/c1-5-6(15-8(9,10)11)3-2-4-7(5)16(12,13)14/h2-4H,1H3,(H2,12,13,14). The SMILES string of the molecule is Cc1c(OC(F)(F)F)cccc1S(N)(=O)=O. The number of hydrogen-bond acceptors (Lipinski definition) is 3. The van der Waals surface area contributed by atoms with Crippen molar-refractivity contribution in [2.24, 2.45) is 5.14 Å². The Labute approximate surface area is 89.9 Å². The number of benzene rings is 1. The van der Waals surface area contributed by atoms with Crippen LogP contribution in [0.5, 0.6) is 5.75 Å². The summed E-state index contributed by atoms with van der Waals surface area (Å²) in [5.74, 6) is -0.584. The second-order valence-corrected chi connectivity index (χ2v) is 4.50. The molecule has 0 unspecified atom stereocenters. The minimum absolute atomic E-state index is 0.178. The van der Waals surface area contributed by atoms with Crippen molar-refractivity contribution in [3.63, 3.8) is 0 Å². The maximum Gasteiger partial charge on any atom is 0.573 e. The summed E-state index contributed by atoms with van der Waals surface area (Å²) < 4.78 is 61.5. The largest absolute Gasteiger partial charge is 0.573 e. The minimum Gasteiger partial charge on any atom is -0.405 e. The number of sulfonamides is 1. The maximum absolute atomic E-state index is 11.9. The zero-order valence-corrected chi connectivity index (χ0v) is 8.89. The van der Waals surface area contributed by atoms with E-state index in [1.165, 1.54) is 6.92 Å². The molecule has 4 nitrogen and oxygen atoms in total. The van der Waals surface area contributed by atoms with Gasteiger partial charge in [-0.05, 0) is 19.1 Å². The topological polar surface area (TPSA) is 69.4 Å². The molecule has 1 rings (SSSR count). The van der Waals surface area contributed by atoms with Crippen molar-refractivity contribution in [3.8, 4) is 5.75 Å². The molecule has 0 saturated carbocycles. The molecular formula is C8H8F3NO3S. The van der Waals surface area contributed by atoms with Crippen LogP contribution in [-0.2, 0) is 10.0 Å². The molecule has 0 amide bonds. The van der Waals surface area contributed by atoms with Crippen molar-refractivity contribution in [1.29, 1.82) is 0 Å². The molecule has 0 aliphatic heterocycles. The molecule has 0 aromatic heterocycles. The molecule has 0 aliphatic carbocycles. The summed E-state index contributed by atoms with van der Waals surface area (Å²) >= 11 is 0. The van der Waals surface area contributed by atoms with Crippen molar-refractivity contribution in [2.75, 3.05) is 0 Å². The summed E-state index contributed by atoms with van der Waals surface area (Å²) in [5.41, 5.74) is -0.178. The van der Waals surface area contributed by atoms with Gasteiger partial charge in [0.15, 0.2) is 0 Å². The van der Waals surface area contributed by atoms with Crippen molar-refractivity contribution >= 4 is 10.0 Å². The van der Waals surface area contributed by atoms with E-state index in [1.54, 1.807) is 0 Å². The molecule has 0 heterocycles. The maximum atomic E-state index is 11.9. The lowest BCUT2D eigenvalue weighted by Crippen LogP contribution is -2.19. The Hall–Kier alpha value is -1.28. The van der Waals surface area contributed by atoms with Crippen molar-refractivity contribution in [2.45, 2.75) is 18.2 Å². The zero-order chi connectivity index (χ0) is 12.6. The van der Waals surface area contributed by atoms with Gasteiger partial charge in [-0.15, -0.1) is 13.2 Å². The van der Waals surface area contributed by atoms with Gasteiger partial charge in [-0.25, -0.2) is 13.6 Å². The first-order valence-electron chi connectivity index (χ1n) is 3.99. The lowest BCUT2D eigenvalue weighted by Gasteiger charge is -2.12. The van der Waals surface area contributed by atoms with E-state index >= 15 is 0 Å². The predicted octanol–water partition coefficient (Wildman–Crippen LogP) is 1.54. The lowest BCUT2D eigenvalue weighted by atomic mass is 10.2.